The zero-order chi connectivity index (χ0) is 16.1. The monoisotopic (exact) mass is 290 g/mol. The van der Waals surface area contributed by atoms with Crippen LogP contribution < -0.4 is 0 Å². The lowest BCUT2D eigenvalue weighted by atomic mass is 10.2. The van der Waals surface area contributed by atoms with E-state index in [1.54, 1.807) is 27.7 Å². The summed E-state index contributed by atoms with van der Waals surface area (Å²) in [5, 5.41) is 7.99. The van der Waals surface area contributed by atoms with Crippen LogP contribution in [0.1, 0.15) is 53.4 Å². The van der Waals surface area contributed by atoms with Crippen molar-refractivity contribution in [2.75, 3.05) is 0 Å². The molecule has 0 aliphatic rings. The van der Waals surface area contributed by atoms with Crippen LogP contribution in [-0.2, 0) is 29.0 Å². The van der Waals surface area contributed by atoms with Gasteiger partial charge in [0.05, 0.1) is 6.10 Å². The number of carbonyl (C=O) groups excluding carboxylic acids is 3. The van der Waals surface area contributed by atoms with Crippen LogP contribution in [0.4, 0.5) is 0 Å². The first-order valence-corrected chi connectivity index (χ1v) is 6.34. The first-order valence-electron chi connectivity index (χ1n) is 6.34. The molecule has 20 heavy (non-hydrogen) atoms. The van der Waals surface area contributed by atoms with Crippen LogP contribution >= 0.6 is 0 Å². The van der Waals surface area contributed by atoms with Gasteiger partial charge in [-0.25, -0.2) is 4.79 Å². The second-order valence-corrected chi connectivity index (χ2v) is 4.13. The molecule has 116 valence electrons. The number of carboxylic acids is 1. The smallest absolute Gasteiger partial charge is 0.349 e. The molecule has 0 aromatic rings. The number of carbonyl (C=O) groups is 4. The fourth-order valence-corrected chi connectivity index (χ4v) is 0.759. The Bertz CT molecular complexity index is 334. The molecule has 0 saturated heterocycles. The third-order valence-corrected chi connectivity index (χ3v) is 1.81. The number of aliphatic carboxylic acids is 1. The molecule has 0 amide bonds. The number of carboxylic acid groups (broad SMARTS) is 1. The van der Waals surface area contributed by atoms with Crippen molar-refractivity contribution in [2.24, 2.45) is 0 Å². The predicted octanol–water partition coefficient (Wildman–Crippen LogP) is 1.68. The first-order chi connectivity index (χ1) is 9.22. The Morgan fingerprint density at radius 3 is 1.70 bits per heavy atom. The Hall–Kier alpha value is -1.76. The fraction of sp³-hybridized carbons (Fsp3) is 0.692. The van der Waals surface area contributed by atoms with Crippen LogP contribution in [0.5, 0.6) is 0 Å². The minimum atomic E-state index is -1.04. The van der Waals surface area contributed by atoms with Crippen molar-refractivity contribution < 1.29 is 34.1 Å². The maximum Gasteiger partial charge on any atom is 0.349 e. The predicted molar refractivity (Wildman–Crippen MR) is 69.8 cm³/mol. The summed E-state index contributed by atoms with van der Waals surface area (Å²) in [5.41, 5.74) is 0. The molecule has 0 aliphatic heterocycles. The van der Waals surface area contributed by atoms with Crippen LogP contribution in [0, 0.1) is 0 Å². The number of hydrogen-bond acceptors (Lipinski definition) is 6. The molecule has 1 N–H and O–H groups in total. The van der Waals surface area contributed by atoms with E-state index in [1.165, 1.54) is 0 Å². The van der Waals surface area contributed by atoms with Gasteiger partial charge in [0.1, 0.15) is 24.4 Å². The van der Waals surface area contributed by atoms with Gasteiger partial charge >= 0.3 is 11.9 Å². The highest BCUT2D eigenvalue weighted by molar-refractivity contribution is 5.95. The van der Waals surface area contributed by atoms with Crippen molar-refractivity contribution in [1.82, 2.24) is 0 Å². The van der Waals surface area contributed by atoms with E-state index in [4.69, 9.17) is 5.11 Å². The summed E-state index contributed by atoms with van der Waals surface area (Å²) in [6.45, 7) is 6.80. The summed E-state index contributed by atoms with van der Waals surface area (Å²) >= 11 is 0. The lowest BCUT2D eigenvalue weighted by Crippen LogP contribution is -2.13. The molecule has 0 aromatic carbocycles. The van der Waals surface area contributed by atoms with Gasteiger partial charge in [0.15, 0.2) is 0 Å². The highest BCUT2D eigenvalue weighted by Crippen LogP contribution is 1.95. The second-order valence-electron chi connectivity index (χ2n) is 4.13. The molecular formula is C13H22O7. The number of hydrogen-bond donors (Lipinski definition) is 1. The van der Waals surface area contributed by atoms with Gasteiger partial charge in [0, 0.05) is 12.8 Å². The third-order valence-electron chi connectivity index (χ3n) is 1.81. The van der Waals surface area contributed by atoms with E-state index in [0.29, 0.717) is 12.8 Å². The van der Waals surface area contributed by atoms with Crippen molar-refractivity contribution in [3.05, 3.63) is 0 Å². The Morgan fingerprint density at radius 2 is 1.40 bits per heavy atom. The topological polar surface area (TPSA) is 107 Å². The van der Waals surface area contributed by atoms with Crippen LogP contribution in [0.15, 0.2) is 0 Å². The lowest BCUT2D eigenvalue weighted by Gasteiger charge is -2.04. The average Bonchev–Trinajstić information content (AvgIpc) is 2.36. The minimum Gasteiger partial charge on any atom is -0.481 e. The molecule has 0 rings (SSSR count). The maximum absolute atomic E-state index is 10.7. The molecule has 0 unspecified atom stereocenters. The van der Waals surface area contributed by atoms with Crippen molar-refractivity contribution in [3.8, 4) is 0 Å². The molecule has 0 heterocycles. The molecule has 7 nitrogen and oxygen atoms in total. The number of Topliss-reactive ketones (excluding diaryl/α,β-unsaturated/α-hetero) is 2. The van der Waals surface area contributed by atoms with Crippen molar-refractivity contribution >= 4 is 23.5 Å². The summed E-state index contributed by atoms with van der Waals surface area (Å²) in [5.74, 6) is -2.04. The summed E-state index contributed by atoms with van der Waals surface area (Å²) in [6.07, 6.45) is -0.0614. The van der Waals surface area contributed by atoms with Gasteiger partial charge in [-0.15, -0.1) is 0 Å². The van der Waals surface area contributed by atoms with Gasteiger partial charge in [0.25, 0.3) is 0 Å². The first kappa shape index (κ1) is 20.6. The molecule has 0 atom stereocenters. The van der Waals surface area contributed by atoms with E-state index in [0.717, 1.165) is 0 Å². The van der Waals surface area contributed by atoms with Crippen LogP contribution in [-0.4, -0.2) is 34.7 Å². The van der Waals surface area contributed by atoms with Gasteiger partial charge < -0.3 is 5.11 Å². The van der Waals surface area contributed by atoms with E-state index in [1.807, 2.05) is 0 Å². The zero-order valence-corrected chi connectivity index (χ0v) is 12.3. The standard InChI is InChI=1S/C8H14O4.C5H8O3/c1-4-7(9)5-8(10)12-11-6(2)3;1-2-4(6)3-5(7)8/h6H,4-5H2,1-3H3;2-3H2,1H3,(H,7,8). The summed E-state index contributed by atoms with van der Waals surface area (Å²) in [7, 11) is 0. The van der Waals surface area contributed by atoms with Gasteiger partial charge in [0.2, 0.25) is 0 Å². The Morgan fingerprint density at radius 1 is 0.950 bits per heavy atom. The average molecular weight is 290 g/mol. The van der Waals surface area contributed by atoms with Crippen molar-refractivity contribution in [3.63, 3.8) is 0 Å². The van der Waals surface area contributed by atoms with Crippen LogP contribution in [0.2, 0.25) is 0 Å². The van der Waals surface area contributed by atoms with E-state index in [-0.39, 0.29) is 30.5 Å². The molecule has 0 radical (unpaired) electrons. The van der Waals surface area contributed by atoms with Crippen LogP contribution in [0.3, 0.4) is 0 Å². The highest BCUT2D eigenvalue weighted by atomic mass is 17.2. The third kappa shape index (κ3) is 16.2. The SMILES string of the molecule is CCC(=O)CC(=O)O.CCC(=O)CC(=O)OOC(C)C. The van der Waals surface area contributed by atoms with E-state index >= 15 is 0 Å². The second kappa shape index (κ2) is 12.3. The van der Waals surface area contributed by atoms with E-state index in [2.05, 4.69) is 9.78 Å². The quantitative estimate of drug-likeness (QED) is 0.411. The van der Waals surface area contributed by atoms with Crippen molar-refractivity contribution in [1.29, 1.82) is 0 Å². The Labute approximate surface area is 118 Å². The normalized spacial score (nSPS) is 9.45. The molecule has 0 bridgehead atoms. The molecule has 0 aromatic heterocycles. The summed E-state index contributed by atoms with van der Waals surface area (Å²) in [4.78, 5) is 50.3. The minimum absolute atomic E-state index is 0.146. The molecule has 0 spiro atoms. The van der Waals surface area contributed by atoms with E-state index in [9.17, 15) is 19.2 Å². The maximum atomic E-state index is 10.7. The van der Waals surface area contributed by atoms with Crippen LogP contribution in [0.25, 0.3) is 0 Å². The lowest BCUT2D eigenvalue weighted by molar-refractivity contribution is -0.290. The van der Waals surface area contributed by atoms with Gasteiger partial charge in [-0.05, 0) is 13.8 Å². The van der Waals surface area contributed by atoms with Gasteiger partial charge in [-0.1, -0.05) is 13.8 Å². The largest absolute Gasteiger partial charge is 0.481 e. The Balaban J connectivity index is 0. The van der Waals surface area contributed by atoms with Gasteiger partial charge in [-0.3, -0.25) is 19.3 Å². The number of rotatable bonds is 8. The van der Waals surface area contributed by atoms with Crippen molar-refractivity contribution in [2.45, 2.75) is 59.5 Å². The Kier molecular flexibility index (Phi) is 12.6. The van der Waals surface area contributed by atoms with E-state index < -0.39 is 11.9 Å². The molecule has 0 aliphatic carbocycles. The van der Waals surface area contributed by atoms with Gasteiger partial charge in [-0.2, -0.15) is 4.89 Å². The fourth-order valence-electron chi connectivity index (χ4n) is 0.759. The molecule has 0 fully saturated rings. The highest BCUT2D eigenvalue weighted by Gasteiger charge is 2.10. The zero-order valence-electron chi connectivity index (χ0n) is 12.3. The summed E-state index contributed by atoms with van der Waals surface area (Å²) in [6, 6.07) is 0. The summed E-state index contributed by atoms with van der Waals surface area (Å²) < 4.78 is 0. The number of ketones is 2. The molecular weight excluding hydrogens is 268 g/mol. The molecule has 0 saturated carbocycles. The molecule has 7 heteroatoms.